The van der Waals surface area contributed by atoms with Gasteiger partial charge in [-0.25, -0.2) is 4.79 Å². The van der Waals surface area contributed by atoms with Crippen LogP contribution in [0.25, 0.3) is 0 Å². The molecule has 0 heterocycles. The first-order chi connectivity index (χ1) is 10.9. The average Bonchev–Trinajstić information content (AvgIpc) is 2.49. The fourth-order valence-corrected chi connectivity index (χ4v) is 1.64. The van der Waals surface area contributed by atoms with Crippen molar-refractivity contribution in [3.05, 3.63) is 24.3 Å². The molecule has 8 nitrogen and oxygen atoms in total. The Labute approximate surface area is 134 Å². The van der Waals surface area contributed by atoms with Gasteiger partial charge in [-0.2, -0.15) is 0 Å². The molecule has 0 aliphatic rings. The fourth-order valence-electron chi connectivity index (χ4n) is 1.64. The van der Waals surface area contributed by atoms with Crippen molar-refractivity contribution in [3.63, 3.8) is 0 Å². The van der Waals surface area contributed by atoms with E-state index in [0.29, 0.717) is 18.0 Å². The molecule has 1 rings (SSSR count). The number of carbonyl (C=O) groups is 3. The van der Waals surface area contributed by atoms with Gasteiger partial charge in [-0.15, -0.1) is 0 Å². The highest BCUT2D eigenvalue weighted by Gasteiger charge is 2.17. The Morgan fingerprint density at radius 3 is 2.43 bits per heavy atom. The van der Waals surface area contributed by atoms with Crippen LogP contribution in [0.15, 0.2) is 24.3 Å². The molecule has 0 spiro atoms. The number of hydrogen-bond acceptors (Lipinski definition) is 5. The van der Waals surface area contributed by atoms with Gasteiger partial charge in [0.15, 0.2) is 6.10 Å². The van der Waals surface area contributed by atoms with Gasteiger partial charge in [0.05, 0.1) is 13.0 Å². The van der Waals surface area contributed by atoms with Crippen LogP contribution in [0.2, 0.25) is 0 Å². The highest BCUT2D eigenvalue weighted by Crippen LogP contribution is 2.16. The smallest absolute Gasteiger partial charge is 0.312 e. The minimum absolute atomic E-state index is 0.0569. The Morgan fingerprint density at radius 2 is 1.87 bits per heavy atom. The van der Waals surface area contributed by atoms with Gasteiger partial charge in [-0.3, -0.25) is 9.59 Å². The van der Waals surface area contributed by atoms with Gasteiger partial charge in [0.1, 0.15) is 5.75 Å². The molecule has 3 amide bonds. The summed E-state index contributed by atoms with van der Waals surface area (Å²) in [5, 5.41) is 4.89. The largest absolute Gasteiger partial charge is 0.494 e. The molecule has 0 fully saturated rings. The number of anilines is 1. The first-order valence-electron chi connectivity index (χ1n) is 7.19. The standard InChI is InChI=1S/C15H21N3O5/c1-3-22-12-6-4-11(5-7-12)18-14(20)10(2)23-13(19)8-9-17-15(16)21/h4-7,10H,3,8-9H2,1-2H3,(H,18,20)(H3,16,17,21)/t10-/m0/s1. The first kappa shape index (κ1) is 18.3. The third kappa shape index (κ3) is 7.16. The maximum absolute atomic E-state index is 11.9. The highest BCUT2D eigenvalue weighted by molar-refractivity contribution is 5.95. The Balaban J connectivity index is 2.40. The Morgan fingerprint density at radius 1 is 1.22 bits per heavy atom. The topological polar surface area (TPSA) is 120 Å². The van der Waals surface area contributed by atoms with Gasteiger partial charge in [-0.1, -0.05) is 0 Å². The number of rotatable bonds is 8. The van der Waals surface area contributed by atoms with E-state index in [1.165, 1.54) is 6.92 Å². The van der Waals surface area contributed by atoms with Crippen molar-refractivity contribution in [1.82, 2.24) is 5.32 Å². The van der Waals surface area contributed by atoms with Crippen molar-refractivity contribution in [2.24, 2.45) is 5.73 Å². The fraction of sp³-hybridized carbons (Fsp3) is 0.400. The van der Waals surface area contributed by atoms with Crippen LogP contribution in [0.5, 0.6) is 5.75 Å². The van der Waals surface area contributed by atoms with E-state index in [0.717, 1.165) is 0 Å². The van der Waals surface area contributed by atoms with E-state index in [-0.39, 0.29) is 13.0 Å². The summed E-state index contributed by atoms with van der Waals surface area (Å²) in [6.07, 6.45) is -1.02. The number of benzene rings is 1. The van der Waals surface area contributed by atoms with Gasteiger partial charge in [0, 0.05) is 12.2 Å². The number of primary amides is 1. The maximum atomic E-state index is 11.9. The number of carbonyl (C=O) groups excluding carboxylic acids is 3. The monoisotopic (exact) mass is 323 g/mol. The predicted molar refractivity (Wildman–Crippen MR) is 84.0 cm³/mol. The van der Waals surface area contributed by atoms with Crippen LogP contribution in [0.4, 0.5) is 10.5 Å². The third-order valence-corrected chi connectivity index (χ3v) is 2.74. The molecule has 0 bridgehead atoms. The van der Waals surface area contributed by atoms with Gasteiger partial charge in [-0.05, 0) is 38.1 Å². The number of nitrogens with one attached hydrogen (secondary N) is 2. The minimum atomic E-state index is -0.956. The van der Waals surface area contributed by atoms with E-state index in [4.69, 9.17) is 15.2 Å². The van der Waals surface area contributed by atoms with Crippen molar-refractivity contribution in [3.8, 4) is 5.75 Å². The van der Waals surface area contributed by atoms with Crippen molar-refractivity contribution in [2.45, 2.75) is 26.4 Å². The molecule has 0 unspecified atom stereocenters. The molecule has 1 aromatic rings. The molecule has 1 atom stereocenters. The van der Waals surface area contributed by atoms with Crippen molar-refractivity contribution in [1.29, 1.82) is 0 Å². The van der Waals surface area contributed by atoms with Gasteiger partial charge in [0.25, 0.3) is 5.91 Å². The van der Waals surface area contributed by atoms with Crippen molar-refractivity contribution < 1.29 is 23.9 Å². The SMILES string of the molecule is CCOc1ccc(NC(=O)[C@H](C)OC(=O)CCNC(N)=O)cc1. The summed E-state index contributed by atoms with van der Waals surface area (Å²) < 4.78 is 10.3. The molecule has 8 heteroatoms. The third-order valence-electron chi connectivity index (χ3n) is 2.74. The number of hydrogen-bond donors (Lipinski definition) is 3. The summed E-state index contributed by atoms with van der Waals surface area (Å²) in [5.74, 6) is -0.356. The van der Waals surface area contributed by atoms with Crippen LogP contribution < -0.4 is 21.1 Å². The molecule has 4 N–H and O–H groups in total. The van der Waals surface area contributed by atoms with E-state index in [2.05, 4.69) is 10.6 Å². The van der Waals surface area contributed by atoms with E-state index in [1.807, 2.05) is 6.92 Å². The average molecular weight is 323 g/mol. The summed E-state index contributed by atoms with van der Waals surface area (Å²) in [6, 6.07) is 6.11. The van der Waals surface area contributed by atoms with Crippen LogP contribution in [0, 0.1) is 0 Å². The van der Waals surface area contributed by atoms with Crippen LogP contribution in [-0.2, 0) is 14.3 Å². The van der Waals surface area contributed by atoms with Gasteiger partial charge >= 0.3 is 12.0 Å². The summed E-state index contributed by atoms with van der Waals surface area (Å²) in [7, 11) is 0. The first-order valence-corrected chi connectivity index (χ1v) is 7.19. The molecule has 23 heavy (non-hydrogen) atoms. The molecule has 0 saturated carbocycles. The molecule has 126 valence electrons. The number of nitrogens with two attached hydrogens (primary N) is 1. The number of urea groups is 1. The molecular formula is C15H21N3O5. The van der Waals surface area contributed by atoms with Crippen LogP contribution in [0.1, 0.15) is 20.3 Å². The Hall–Kier alpha value is -2.77. The Kier molecular flexibility index (Phi) is 7.38. The van der Waals surface area contributed by atoms with Gasteiger partial charge in [0.2, 0.25) is 0 Å². The lowest BCUT2D eigenvalue weighted by Gasteiger charge is -2.14. The quantitative estimate of drug-likeness (QED) is 0.617. The second-order valence-electron chi connectivity index (χ2n) is 4.62. The van der Waals surface area contributed by atoms with E-state index < -0.39 is 24.0 Å². The molecule has 0 saturated heterocycles. The summed E-state index contributed by atoms with van der Waals surface area (Å²) in [5.41, 5.74) is 5.43. The van der Waals surface area contributed by atoms with Crippen LogP contribution in [0.3, 0.4) is 0 Å². The molecule has 1 aromatic carbocycles. The van der Waals surface area contributed by atoms with E-state index in [9.17, 15) is 14.4 Å². The molecule has 0 aliphatic heterocycles. The van der Waals surface area contributed by atoms with Crippen LogP contribution in [-0.4, -0.2) is 37.2 Å². The Bertz CT molecular complexity index is 545. The zero-order valence-electron chi connectivity index (χ0n) is 13.1. The lowest BCUT2D eigenvalue weighted by molar-refractivity contribution is -0.153. The van der Waals surface area contributed by atoms with Crippen LogP contribution >= 0.6 is 0 Å². The van der Waals surface area contributed by atoms with Gasteiger partial charge < -0.3 is 25.8 Å². The summed E-state index contributed by atoms with van der Waals surface area (Å²) in [4.78, 5) is 33.9. The normalized spacial score (nSPS) is 11.2. The van der Waals surface area contributed by atoms with Crippen molar-refractivity contribution in [2.75, 3.05) is 18.5 Å². The zero-order valence-corrected chi connectivity index (χ0v) is 13.1. The minimum Gasteiger partial charge on any atom is -0.494 e. The molecular weight excluding hydrogens is 302 g/mol. The second kappa shape index (κ2) is 9.29. The molecule has 0 aromatic heterocycles. The van der Waals surface area contributed by atoms with E-state index in [1.54, 1.807) is 24.3 Å². The maximum Gasteiger partial charge on any atom is 0.312 e. The number of amides is 3. The predicted octanol–water partition coefficient (Wildman–Crippen LogP) is 1.01. The zero-order chi connectivity index (χ0) is 17.2. The highest BCUT2D eigenvalue weighted by atomic mass is 16.5. The lowest BCUT2D eigenvalue weighted by atomic mass is 10.3. The number of esters is 1. The number of ether oxygens (including phenoxy) is 2. The molecule has 0 radical (unpaired) electrons. The van der Waals surface area contributed by atoms with Crippen molar-refractivity contribution >= 4 is 23.6 Å². The van der Waals surface area contributed by atoms with E-state index >= 15 is 0 Å². The lowest BCUT2D eigenvalue weighted by Crippen LogP contribution is -2.33. The summed E-state index contributed by atoms with van der Waals surface area (Å²) >= 11 is 0. The molecule has 0 aliphatic carbocycles. The summed E-state index contributed by atoms with van der Waals surface area (Å²) in [6.45, 7) is 3.96. The second-order valence-corrected chi connectivity index (χ2v) is 4.62.